The van der Waals surface area contributed by atoms with Crippen LogP contribution in [0, 0.1) is 17.3 Å². The molecule has 2 nitrogen and oxygen atoms in total. The minimum atomic E-state index is -0.447. The quantitative estimate of drug-likeness (QED) is 0.625. The van der Waals surface area contributed by atoms with Crippen LogP contribution in [0.3, 0.4) is 0 Å². The molecule has 70 valence electrons. The Morgan fingerprint density at radius 2 is 2.08 bits per heavy atom. The molecule has 0 aromatic carbocycles. The molecule has 1 saturated carbocycles. The lowest BCUT2D eigenvalue weighted by atomic mass is 10.0. The summed E-state index contributed by atoms with van der Waals surface area (Å²) < 4.78 is 0. The third-order valence-corrected chi connectivity index (χ3v) is 3.18. The fourth-order valence-electron chi connectivity index (χ4n) is 2.07. The second-order valence-electron chi connectivity index (χ2n) is 4.43. The highest BCUT2D eigenvalue weighted by Crippen LogP contribution is 2.60. The van der Waals surface area contributed by atoms with Gasteiger partial charge in [-0.2, -0.15) is 0 Å². The Bertz CT molecular complexity index is 196. The molecule has 0 heterocycles. The van der Waals surface area contributed by atoms with Crippen LogP contribution in [0.15, 0.2) is 12.2 Å². The minimum absolute atomic E-state index is 0.0765. The van der Waals surface area contributed by atoms with Crippen LogP contribution in [0.4, 0.5) is 0 Å². The van der Waals surface area contributed by atoms with Crippen LogP contribution in [-0.2, 0) is 0 Å². The van der Waals surface area contributed by atoms with Crippen LogP contribution < -0.4 is 0 Å². The molecule has 0 radical (unpaired) electrons. The van der Waals surface area contributed by atoms with Crippen LogP contribution in [-0.4, -0.2) is 22.9 Å². The largest absolute Gasteiger partial charge is 0.396 e. The van der Waals surface area contributed by atoms with Gasteiger partial charge in [0.2, 0.25) is 0 Å². The molecule has 1 fully saturated rings. The first-order valence-electron chi connectivity index (χ1n) is 4.37. The van der Waals surface area contributed by atoms with Crippen molar-refractivity contribution in [1.82, 2.24) is 0 Å². The third-order valence-electron chi connectivity index (χ3n) is 3.18. The molecule has 2 N–H and O–H groups in total. The normalized spacial score (nSPS) is 34.4. The molecule has 0 aromatic rings. The highest BCUT2D eigenvalue weighted by molar-refractivity contribution is 5.15. The summed E-state index contributed by atoms with van der Waals surface area (Å²) in [6.07, 6.45) is -0.447. The Balaban J connectivity index is 2.63. The van der Waals surface area contributed by atoms with E-state index in [4.69, 9.17) is 5.11 Å². The summed E-state index contributed by atoms with van der Waals surface area (Å²) in [7, 11) is 0. The van der Waals surface area contributed by atoms with E-state index in [2.05, 4.69) is 20.4 Å². The first-order valence-corrected chi connectivity index (χ1v) is 4.37. The van der Waals surface area contributed by atoms with E-state index in [-0.39, 0.29) is 23.9 Å². The van der Waals surface area contributed by atoms with E-state index < -0.39 is 6.10 Å². The molecule has 0 amide bonds. The molecule has 1 rings (SSSR count). The van der Waals surface area contributed by atoms with Gasteiger partial charge in [-0.05, 0) is 24.2 Å². The van der Waals surface area contributed by atoms with E-state index in [1.54, 1.807) is 0 Å². The van der Waals surface area contributed by atoms with Gasteiger partial charge in [0.15, 0.2) is 0 Å². The van der Waals surface area contributed by atoms with E-state index in [1.807, 2.05) is 6.92 Å². The van der Waals surface area contributed by atoms with Crippen molar-refractivity contribution in [2.45, 2.75) is 26.9 Å². The fraction of sp³-hybridized carbons (Fsp3) is 0.800. The summed E-state index contributed by atoms with van der Waals surface area (Å²) in [6.45, 7) is 9.86. The van der Waals surface area contributed by atoms with Crippen molar-refractivity contribution in [3.8, 4) is 0 Å². The number of hydrogen-bond donors (Lipinski definition) is 2. The molecular weight excluding hydrogens is 152 g/mol. The zero-order chi connectivity index (χ0) is 9.52. The van der Waals surface area contributed by atoms with E-state index in [1.165, 1.54) is 0 Å². The summed E-state index contributed by atoms with van der Waals surface area (Å²) in [5.41, 5.74) is 0.872. The van der Waals surface area contributed by atoms with E-state index in [0.29, 0.717) is 0 Å². The van der Waals surface area contributed by atoms with Crippen molar-refractivity contribution in [3.05, 3.63) is 12.2 Å². The van der Waals surface area contributed by atoms with Gasteiger partial charge >= 0.3 is 0 Å². The summed E-state index contributed by atoms with van der Waals surface area (Å²) in [4.78, 5) is 0. The lowest BCUT2D eigenvalue weighted by Crippen LogP contribution is -2.14. The molecule has 1 aliphatic rings. The Morgan fingerprint density at radius 3 is 2.33 bits per heavy atom. The van der Waals surface area contributed by atoms with Crippen LogP contribution >= 0.6 is 0 Å². The van der Waals surface area contributed by atoms with Crippen molar-refractivity contribution in [2.24, 2.45) is 17.3 Å². The van der Waals surface area contributed by atoms with Gasteiger partial charge < -0.3 is 10.2 Å². The summed E-state index contributed by atoms with van der Waals surface area (Å²) in [5, 5.41) is 18.7. The van der Waals surface area contributed by atoms with Gasteiger partial charge in [-0.3, -0.25) is 0 Å². The zero-order valence-electron chi connectivity index (χ0n) is 8.04. The lowest BCUT2D eigenvalue weighted by molar-refractivity contribution is 0.162. The van der Waals surface area contributed by atoms with Crippen LogP contribution in [0.2, 0.25) is 0 Å². The van der Waals surface area contributed by atoms with Gasteiger partial charge in [0, 0.05) is 6.61 Å². The minimum Gasteiger partial charge on any atom is -0.396 e. The summed E-state index contributed by atoms with van der Waals surface area (Å²) in [6, 6.07) is 0. The number of aliphatic hydroxyl groups excluding tert-OH is 2. The molecule has 2 heteroatoms. The molecule has 3 atom stereocenters. The second-order valence-corrected chi connectivity index (χ2v) is 4.43. The van der Waals surface area contributed by atoms with Crippen molar-refractivity contribution in [1.29, 1.82) is 0 Å². The van der Waals surface area contributed by atoms with Crippen LogP contribution in [0.25, 0.3) is 0 Å². The van der Waals surface area contributed by atoms with Gasteiger partial charge in [0.1, 0.15) is 0 Å². The second kappa shape index (κ2) is 2.86. The van der Waals surface area contributed by atoms with Gasteiger partial charge in [0.05, 0.1) is 6.10 Å². The first-order chi connectivity index (χ1) is 5.42. The molecule has 1 aliphatic carbocycles. The molecule has 3 unspecified atom stereocenters. The van der Waals surface area contributed by atoms with Gasteiger partial charge in [-0.1, -0.05) is 26.0 Å². The van der Waals surface area contributed by atoms with Crippen molar-refractivity contribution in [3.63, 3.8) is 0 Å². The number of hydrogen-bond acceptors (Lipinski definition) is 2. The molecule has 0 bridgehead atoms. The molecule has 0 aliphatic heterocycles. The standard InChI is InChI=1S/C10H18O2/c1-6(2)9(12)8-7(5-11)10(8,3)4/h7-9,11-12H,1,5H2,2-4H3. The highest BCUT2D eigenvalue weighted by atomic mass is 16.3. The summed E-state index contributed by atoms with van der Waals surface area (Å²) >= 11 is 0. The van der Waals surface area contributed by atoms with E-state index in [0.717, 1.165) is 5.57 Å². The maximum atomic E-state index is 9.69. The molecule has 0 aromatic heterocycles. The van der Waals surface area contributed by atoms with Crippen molar-refractivity contribution in [2.75, 3.05) is 6.61 Å². The van der Waals surface area contributed by atoms with Crippen LogP contribution in [0.1, 0.15) is 20.8 Å². The monoisotopic (exact) mass is 170 g/mol. The highest BCUT2D eigenvalue weighted by Gasteiger charge is 2.60. The lowest BCUT2D eigenvalue weighted by Gasteiger charge is -2.10. The topological polar surface area (TPSA) is 40.5 Å². The van der Waals surface area contributed by atoms with Gasteiger partial charge in [-0.15, -0.1) is 0 Å². The molecule has 0 spiro atoms. The molecule has 12 heavy (non-hydrogen) atoms. The smallest absolute Gasteiger partial charge is 0.0781 e. The maximum absolute atomic E-state index is 9.69. The van der Waals surface area contributed by atoms with E-state index in [9.17, 15) is 5.11 Å². The Kier molecular flexibility index (Phi) is 2.32. The SMILES string of the molecule is C=C(C)C(O)C1C(CO)C1(C)C. The maximum Gasteiger partial charge on any atom is 0.0781 e. The zero-order valence-corrected chi connectivity index (χ0v) is 8.04. The fourth-order valence-corrected chi connectivity index (χ4v) is 2.07. The number of rotatable bonds is 3. The summed E-state index contributed by atoms with van der Waals surface area (Å²) in [5.74, 6) is 0.434. The van der Waals surface area contributed by atoms with Crippen molar-refractivity contribution < 1.29 is 10.2 Å². The number of aliphatic hydroxyl groups is 2. The van der Waals surface area contributed by atoms with Crippen LogP contribution in [0.5, 0.6) is 0 Å². The molecule has 0 saturated heterocycles. The van der Waals surface area contributed by atoms with Gasteiger partial charge in [-0.25, -0.2) is 0 Å². The van der Waals surface area contributed by atoms with Crippen molar-refractivity contribution >= 4 is 0 Å². The first kappa shape index (κ1) is 9.75. The predicted octanol–water partition coefficient (Wildman–Crippen LogP) is 1.19. The average Bonchev–Trinajstić information content (AvgIpc) is 2.50. The Morgan fingerprint density at radius 1 is 1.58 bits per heavy atom. The Hall–Kier alpha value is -0.340. The third kappa shape index (κ3) is 1.29. The molecular formula is C10H18O2. The Labute approximate surface area is 73.9 Å². The van der Waals surface area contributed by atoms with Gasteiger partial charge in [0.25, 0.3) is 0 Å². The average molecular weight is 170 g/mol. The predicted molar refractivity (Wildman–Crippen MR) is 48.7 cm³/mol. The van der Waals surface area contributed by atoms with E-state index >= 15 is 0 Å².